The summed E-state index contributed by atoms with van der Waals surface area (Å²) >= 11 is 0. The third-order valence-electron chi connectivity index (χ3n) is 0. The number of aliphatic carboxylic acids is 1. The molecular weight excluding hydrogens is 292 g/mol. The summed E-state index contributed by atoms with van der Waals surface area (Å²) in [6.45, 7) is 1.08. The van der Waals surface area contributed by atoms with Crippen molar-refractivity contribution in [3.8, 4) is 0 Å². The van der Waals surface area contributed by atoms with Gasteiger partial charge in [-0.1, -0.05) is 0 Å². The Morgan fingerprint density at radius 2 is 1.36 bits per heavy atom. The Kier molecular flexibility index (Phi) is 25.2. The molecule has 0 saturated carbocycles. The van der Waals surface area contributed by atoms with Crippen LogP contribution in [0.2, 0.25) is 0 Å². The zero-order valence-corrected chi connectivity index (χ0v) is 13.6. The van der Waals surface area contributed by atoms with E-state index in [-0.39, 0.29) is 90.6 Å². The SMILES string of the molecule is CC(=O)O.O=S(=O)(O)O.[Cs+].[H-].[H-].[Li+]. The molecule has 0 saturated heterocycles. The van der Waals surface area contributed by atoms with Gasteiger partial charge in [0.2, 0.25) is 0 Å². The second-order valence-corrected chi connectivity index (χ2v) is 1.86. The molecule has 0 aromatic rings. The maximum absolute atomic E-state index is 9.00. The van der Waals surface area contributed by atoms with Crippen molar-refractivity contribution in [1.29, 1.82) is 0 Å². The first-order chi connectivity index (χ1) is 3.73. The van der Waals surface area contributed by atoms with Crippen LogP contribution in [-0.4, -0.2) is 28.6 Å². The molecule has 0 heterocycles. The summed E-state index contributed by atoms with van der Waals surface area (Å²) in [7, 11) is -4.67. The Balaban J connectivity index is -0.0000000146. The van der Waals surface area contributed by atoms with Crippen molar-refractivity contribution in [2.24, 2.45) is 0 Å². The van der Waals surface area contributed by atoms with E-state index in [0.717, 1.165) is 6.92 Å². The van der Waals surface area contributed by atoms with Gasteiger partial charge in [0.1, 0.15) is 0 Å². The van der Waals surface area contributed by atoms with Gasteiger partial charge in [-0.05, 0) is 0 Å². The second kappa shape index (κ2) is 12.0. The number of carboxylic acids is 1. The number of rotatable bonds is 0. The first kappa shape index (κ1) is 23.1. The fourth-order valence-corrected chi connectivity index (χ4v) is 0. The average Bonchev–Trinajstić information content (AvgIpc) is 1.19. The molecule has 0 aliphatic heterocycles. The van der Waals surface area contributed by atoms with Gasteiger partial charge in [-0.2, -0.15) is 8.42 Å². The van der Waals surface area contributed by atoms with Crippen molar-refractivity contribution < 1.29 is 118 Å². The van der Waals surface area contributed by atoms with E-state index in [1.165, 1.54) is 0 Å². The van der Waals surface area contributed by atoms with Crippen LogP contribution in [0.3, 0.4) is 0 Å². The number of carbonyl (C=O) groups is 1. The zero-order valence-electron chi connectivity index (χ0n) is 8.47. The van der Waals surface area contributed by atoms with Crippen LogP contribution in [0.25, 0.3) is 0 Å². The van der Waals surface area contributed by atoms with Crippen LogP contribution in [0.1, 0.15) is 9.78 Å². The summed E-state index contributed by atoms with van der Waals surface area (Å²) in [5, 5.41) is 7.42. The van der Waals surface area contributed by atoms with E-state index >= 15 is 0 Å². The molecule has 0 fully saturated rings. The number of carboxylic acid groups (broad SMARTS) is 1. The minimum atomic E-state index is -4.67. The van der Waals surface area contributed by atoms with Crippen molar-refractivity contribution in [3.63, 3.8) is 0 Å². The van der Waals surface area contributed by atoms with Crippen molar-refractivity contribution >= 4 is 16.4 Å². The molecule has 0 atom stereocenters. The Morgan fingerprint density at radius 1 is 1.36 bits per heavy atom. The molecule has 0 unspecified atom stereocenters. The van der Waals surface area contributed by atoms with Crippen molar-refractivity contribution in [3.05, 3.63) is 0 Å². The average molecular weight is 300 g/mol. The van der Waals surface area contributed by atoms with Crippen LogP contribution in [0, 0.1) is 0 Å². The van der Waals surface area contributed by atoms with Crippen LogP contribution in [0.4, 0.5) is 0 Å². The summed E-state index contributed by atoms with van der Waals surface area (Å²) in [5.41, 5.74) is 0. The molecule has 0 rings (SSSR count). The van der Waals surface area contributed by atoms with Gasteiger partial charge in [0.05, 0.1) is 0 Å². The maximum atomic E-state index is 9.00. The molecule has 0 aliphatic carbocycles. The Labute approximate surface area is 138 Å². The Bertz CT molecular complexity index is 171. The minimum absolute atomic E-state index is 0. The summed E-state index contributed by atoms with van der Waals surface area (Å²) < 4.78 is 31.6. The Morgan fingerprint density at radius 3 is 1.36 bits per heavy atom. The van der Waals surface area contributed by atoms with E-state index in [2.05, 4.69) is 0 Å². The zero-order chi connectivity index (χ0) is 8.08. The fourth-order valence-electron chi connectivity index (χ4n) is 0. The topological polar surface area (TPSA) is 112 Å². The van der Waals surface area contributed by atoms with Crippen molar-refractivity contribution in [2.45, 2.75) is 6.92 Å². The molecule has 0 aliphatic rings. The third kappa shape index (κ3) is 302. The van der Waals surface area contributed by atoms with Crippen LogP contribution in [0.15, 0.2) is 0 Å². The minimum Gasteiger partial charge on any atom is -1.00 e. The van der Waals surface area contributed by atoms with E-state index < -0.39 is 16.4 Å². The monoisotopic (exact) mass is 300 g/mol. The summed E-state index contributed by atoms with van der Waals surface area (Å²) in [6.07, 6.45) is 0. The predicted molar refractivity (Wildman–Crippen MR) is 29.7 cm³/mol. The molecular formula is C2H8CsLiO6S. The quantitative estimate of drug-likeness (QED) is 0.303. The van der Waals surface area contributed by atoms with E-state index in [1.807, 2.05) is 0 Å². The summed E-state index contributed by atoms with van der Waals surface area (Å²) in [5.74, 6) is -0.833. The van der Waals surface area contributed by atoms with Gasteiger partial charge >= 0.3 is 98.2 Å². The van der Waals surface area contributed by atoms with E-state index in [1.54, 1.807) is 0 Å². The van der Waals surface area contributed by atoms with Crippen molar-refractivity contribution in [1.82, 2.24) is 0 Å². The first-order valence-electron chi connectivity index (χ1n) is 1.63. The van der Waals surface area contributed by atoms with Gasteiger partial charge in [-0.25, -0.2) is 0 Å². The van der Waals surface area contributed by atoms with Gasteiger partial charge in [0.15, 0.2) is 0 Å². The van der Waals surface area contributed by atoms with E-state index in [4.69, 9.17) is 27.4 Å². The second-order valence-electron chi connectivity index (χ2n) is 0.967. The smallest absolute Gasteiger partial charge is 1.00 e. The number of hydrogen-bond donors (Lipinski definition) is 3. The van der Waals surface area contributed by atoms with Gasteiger partial charge < -0.3 is 7.96 Å². The fraction of sp³-hybridized carbons (Fsp3) is 0.500. The molecule has 0 aromatic heterocycles. The molecule has 6 nitrogen and oxygen atoms in total. The largest absolute Gasteiger partial charge is 1.00 e. The maximum Gasteiger partial charge on any atom is 1.00 e. The van der Waals surface area contributed by atoms with Crippen LogP contribution >= 0.6 is 0 Å². The molecule has 9 heteroatoms. The molecule has 0 aromatic carbocycles. The van der Waals surface area contributed by atoms with Gasteiger partial charge in [-0.15, -0.1) is 0 Å². The first-order valence-corrected chi connectivity index (χ1v) is 3.02. The van der Waals surface area contributed by atoms with Crippen LogP contribution in [0.5, 0.6) is 0 Å². The van der Waals surface area contributed by atoms with E-state index in [9.17, 15) is 0 Å². The van der Waals surface area contributed by atoms with Gasteiger partial charge in [0, 0.05) is 6.92 Å². The number of hydrogen-bond acceptors (Lipinski definition) is 3. The Hall–Kier alpha value is 1.99. The van der Waals surface area contributed by atoms with Crippen LogP contribution in [-0.2, 0) is 15.2 Å². The van der Waals surface area contributed by atoms with Crippen molar-refractivity contribution in [2.75, 3.05) is 0 Å². The molecule has 0 spiro atoms. The van der Waals surface area contributed by atoms with Gasteiger partial charge in [0.25, 0.3) is 5.97 Å². The molecule has 3 N–H and O–H groups in total. The summed E-state index contributed by atoms with van der Waals surface area (Å²) in [4.78, 5) is 9.00. The summed E-state index contributed by atoms with van der Waals surface area (Å²) in [6, 6.07) is 0. The molecule has 0 bridgehead atoms. The van der Waals surface area contributed by atoms with Crippen LogP contribution < -0.4 is 87.8 Å². The standard InChI is InChI=1S/C2H4O2.Cs.Li.H2O4S.2H/c1-2(3)4;;;1-5(2,3)4;;/h1H3,(H,3,4);;;(H2,1,2,3,4);;/q;2*+1;;2*-1. The van der Waals surface area contributed by atoms with Gasteiger partial charge in [-0.3, -0.25) is 13.9 Å². The molecule has 11 heavy (non-hydrogen) atoms. The molecule has 0 amide bonds. The third-order valence-corrected chi connectivity index (χ3v) is 0. The normalized spacial score (nSPS) is 7.55. The predicted octanol–water partition coefficient (Wildman–Crippen LogP) is -6.33. The molecule has 0 radical (unpaired) electrons. The molecule has 60 valence electrons. The van der Waals surface area contributed by atoms with E-state index in [0.29, 0.717) is 0 Å².